The fourth-order valence-corrected chi connectivity index (χ4v) is 1.56. The summed E-state index contributed by atoms with van der Waals surface area (Å²) in [4.78, 5) is 11.8. The van der Waals surface area contributed by atoms with Crippen molar-refractivity contribution in [3.8, 4) is 0 Å². The summed E-state index contributed by atoms with van der Waals surface area (Å²) in [5.74, 6) is -0.108. The molecule has 0 spiro atoms. The number of methoxy groups -OCH3 is 1. The molecule has 1 amide bonds. The Labute approximate surface area is 108 Å². The Kier molecular flexibility index (Phi) is 6.76. The number of nitrogens with one attached hydrogen (secondary N) is 1. The molecule has 1 rings (SSSR count). The van der Waals surface area contributed by atoms with Crippen LogP contribution >= 0.6 is 0 Å². The van der Waals surface area contributed by atoms with E-state index in [4.69, 9.17) is 10.5 Å². The van der Waals surface area contributed by atoms with E-state index in [0.29, 0.717) is 19.5 Å². The molecule has 0 aliphatic heterocycles. The number of nitrogens with two attached hydrogens (primary N) is 1. The zero-order valence-electron chi connectivity index (χ0n) is 10.6. The van der Waals surface area contributed by atoms with E-state index in [1.807, 2.05) is 36.4 Å². The van der Waals surface area contributed by atoms with Crippen LogP contribution in [0.15, 0.2) is 42.5 Å². The van der Waals surface area contributed by atoms with Gasteiger partial charge >= 0.3 is 0 Å². The molecule has 3 N–H and O–H groups in total. The van der Waals surface area contributed by atoms with Gasteiger partial charge in [-0.15, -0.1) is 0 Å². The Bertz CT molecular complexity index is 377. The van der Waals surface area contributed by atoms with Crippen molar-refractivity contribution >= 4 is 5.91 Å². The highest BCUT2D eigenvalue weighted by molar-refractivity contribution is 5.81. The number of carbonyl (C=O) groups excluding carboxylic acids is 1. The molecular formula is C14H20N2O2. The minimum Gasteiger partial charge on any atom is -0.371 e. The van der Waals surface area contributed by atoms with E-state index in [2.05, 4.69) is 5.32 Å². The fourth-order valence-electron chi connectivity index (χ4n) is 1.56. The molecule has 18 heavy (non-hydrogen) atoms. The Morgan fingerprint density at radius 1 is 1.39 bits per heavy atom. The van der Waals surface area contributed by atoms with Gasteiger partial charge in [0.25, 0.3) is 0 Å². The van der Waals surface area contributed by atoms with Gasteiger partial charge in [-0.05, 0) is 5.56 Å². The van der Waals surface area contributed by atoms with Crippen molar-refractivity contribution in [2.75, 3.05) is 20.2 Å². The van der Waals surface area contributed by atoms with Crippen LogP contribution in [0, 0.1) is 0 Å². The highest BCUT2D eigenvalue weighted by Gasteiger charge is 2.17. The first kappa shape index (κ1) is 14.4. The van der Waals surface area contributed by atoms with Crippen LogP contribution in [0.2, 0.25) is 0 Å². The first-order valence-corrected chi connectivity index (χ1v) is 5.97. The molecule has 0 aliphatic rings. The van der Waals surface area contributed by atoms with Gasteiger partial charge in [-0.25, -0.2) is 0 Å². The summed E-state index contributed by atoms with van der Waals surface area (Å²) in [6.45, 7) is 0.957. The molecule has 98 valence electrons. The molecule has 0 saturated carbocycles. The van der Waals surface area contributed by atoms with E-state index in [1.165, 1.54) is 0 Å². The van der Waals surface area contributed by atoms with Gasteiger partial charge in [0.05, 0.1) is 0 Å². The number of hydrogen-bond acceptors (Lipinski definition) is 3. The fraction of sp³-hybridized carbons (Fsp3) is 0.357. The van der Waals surface area contributed by atoms with Crippen LogP contribution < -0.4 is 11.1 Å². The van der Waals surface area contributed by atoms with Gasteiger partial charge < -0.3 is 15.8 Å². The van der Waals surface area contributed by atoms with Crippen LogP contribution in [-0.4, -0.2) is 32.2 Å². The van der Waals surface area contributed by atoms with E-state index in [0.717, 1.165) is 5.56 Å². The quantitative estimate of drug-likeness (QED) is 0.704. The largest absolute Gasteiger partial charge is 0.371 e. The SMILES string of the molecule is CO[C@@H](Cc1ccccc1)C(=O)NC/C=C/CN. The number of hydrogen-bond donors (Lipinski definition) is 2. The highest BCUT2D eigenvalue weighted by atomic mass is 16.5. The lowest BCUT2D eigenvalue weighted by Crippen LogP contribution is -2.37. The molecule has 4 heteroatoms. The van der Waals surface area contributed by atoms with Crippen LogP contribution in [0.5, 0.6) is 0 Å². The summed E-state index contributed by atoms with van der Waals surface area (Å²) < 4.78 is 5.21. The summed E-state index contributed by atoms with van der Waals surface area (Å²) >= 11 is 0. The van der Waals surface area contributed by atoms with Crippen molar-refractivity contribution in [3.05, 3.63) is 48.0 Å². The lowest BCUT2D eigenvalue weighted by molar-refractivity contribution is -0.130. The van der Waals surface area contributed by atoms with Gasteiger partial charge in [0.15, 0.2) is 0 Å². The topological polar surface area (TPSA) is 64.3 Å². The van der Waals surface area contributed by atoms with Gasteiger partial charge in [-0.3, -0.25) is 4.79 Å². The molecule has 0 aliphatic carbocycles. The standard InChI is InChI=1S/C14H20N2O2/c1-18-13(11-12-7-3-2-4-8-12)14(17)16-10-6-5-9-15/h2-8,13H,9-11,15H2,1H3,(H,16,17)/b6-5+/t13-/m0/s1. The van der Waals surface area contributed by atoms with Crippen LogP contribution in [0.3, 0.4) is 0 Å². The van der Waals surface area contributed by atoms with Crippen LogP contribution in [0.1, 0.15) is 5.56 Å². The van der Waals surface area contributed by atoms with E-state index in [1.54, 1.807) is 13.2 Å². The predicted octanol–water partition coefficient (Wildman–Crippen LogP) is 0.875. The second-order valence-corrected chi connectivity index (χ2v) is 3.87. The molecule has 1 aromatic carbocycles. The third-order valence-corrected chi connectivity index (χ3v) is 2.54. The summed E-state index contributed by atoms with van der Waals surface area (Å²) in [7, 11) is 1.54. The lowest BCUT2D eigenvalue weighted by Gasteiger charge is -2.14. The summed E-state index contributed by atoms with van der Waals surface area (Å²) in [5, 5.41) is 2.78. The van der Waals surface area contributed by atoms with Gasteiger partial charge in [0.2, 0.25) is 5.91 Å². The minimum atomic E-state index is -0.460. The molecule has 0 radical (unpaired) electrons. The minimum absolute atomic E-state index is 0.108. The van der Waals surface area contributed by atoms with Crippen molar-refractivity contribution in [3.63, 3.8) is 0 Å². The van der Waals surface area contributed by atoms with Crippen molar-refractivity contribution in [1.82, 2.24) is 5.32 Å². The van der Waals surface area contributed by atoms with Crippen LogP contribution in [0.25, 0.3) is 0 Å². The number of rotatable bonds is 7. The molecule has 1 atom stereocenters. The second kappa shape index (κ2) is 8.44. The van der Waals surface area contributed by atoms with Crippen molar-refractivity contribution in [2.45, 2.75) is 12.5 Å². The van der Waals surface area contributed by atoms with Gasteiger partial charge in [0.1, 0.15) is 6.10 Å². The average molecular weight is 248 g/mol. The van der Waals surface area contributed by atoms with Crippen molar-refractivity contribution < 1.29 is 9.53 Å². The predicted molar refractivity (Wildman–Crippen MR) is 72.1 cm³/mol. The monoisotopic (exact) mass is 248 g/mol. The Morgan fingerprint density at radius 3 is 2.72 bits per heavy atom. The molecule has 0 aromatic heterocycles. The van der Waals surface area contributed by atoms with Gasteiger partial charge in [-0.2, -0.15) is 0 Å². The molecule has 0 unspecified atom stereocenters. The van der Waals surface area contributed by atoms with E-state index in [-0.39, 0.29) is 5.91 Å². The molecule has 0 bridgehead atoms. The Balaban J connectivity index is 2.45. The van der Waals surface area contributed by atoms with Crippen molar-refractivity contribution in [2.24, 2.45) is 5.73 Å². The van der Waals surface area contributed by atoms with E-state index >= 15 is 0 Å². The highest BCUT2D eigenvalue weighted by Crippen LogP contribution is 2.05. The van der Waals surface area contributed by atoms with E-state index < -0.39 is 6.10 Å². The average Bonchev–Trinajstić information content (AvgIpc) is 2.42. The number of ether oxygens (including phenoxy) is 1. The number of carbonyl (C=O) groups is 1. The maximum absolute atomic E-state index is 11.8. The summed E-state index contributed by atoms with van der Waals surface area (Å²) in [5.41, 5.74) is 6.39. The maximum Gasteiger partial charge on any atom is 0.249 e. The van der Waals surface area contributed by atoms with Crippen LogP contribution in [0.4, 0.5) is 0 Å². The number of amides is 1. The first-order chi connectivity index (χ1) is 8.77. The molecule has 0 saturated heterocycles. The van der Waals surface area contributed by atoms with Gasteiger partial charge in [-0.1, -0.05) is 42.5 Å². The van der Waals surface area contributed by atoms with Gasteiger partial charge in [0, 0.05) is 26.6 Å². The third-order valence-electron chi connectivity index (χ3n) is 2.54. The zero-order valence-corrected chi connectivity index (χ0v) is 10.6. The third kappa shape index (κ3) is 5.12. The van der Waals surface area contributed by atoms with E-state index in [9.17, 15) is 4.79 Å². The molecule has 1 aromatic rings. The maximum atomic E-state index is 11.8. The lowest BCUT2D eigenvalue weighted by atomic mass is 10.1. The smallest absolute Gasteiger partial charge is 0.249 e. The molecular weight excluding hydrogens is 228 g/mol. The summed E-state index contributed by atoms with van der Waals surface area (Å²) in [6.07, 6.45) is 3.75. The summed E-state index contributed by atoms with van der Waals surface area (Å²) in [6, 6.07) is 9.80. The molecule has 0 fully saturated rings. The molecule has 4 nitrogen and oxygen atoms in total. The van der Waals surface area contributed by atoms with Crippen LogP contribution in [-0.2, 0) is 16.0 Å². The normalized spacial score (nSPS) is 12.6. The Hall–Kier alpha value is -1.65. The Morgan fingerprint density at radius 2 is 2.11 bits per heavy atom. The molecule has 0 heterocycles. The first-order valence-electron chi connectivity index (χ1n) is 5.97. The van der Waals surface area contributed by atoms with Crippen molar-refractivity contribution in [1.29, 1.82) is 0 Å². The number of benzene rings is 1. The zero-order chi connectivity index (χ0) is 13.2. The second-order valence-electron chi connectivity index (χ2n) is 3.87.